The Morgan fingerprint density at radius 2 is 0.389 bits per heavy atom. The summed E-state index contributed by atoms with van der Waals surface area (Å²) in [4.78, 5) is 0. The summed E-state index contributed by atoms with van der Waals surface area (Å²) in [6.07, 6.45) is 0. The third-order valence-corrected chi connectivity index (χ3v) is 18.3. The van der Waals surface area contributed by atoms with Crippen LogP contribution in [0, 0.1) is 0 Å². The molecule has 0 saturated carbocycles. The summed E-state index contributed by atoms with van der Waals surface area (Å²) in [5, 5.41) is 8.76. The van der Waals surface area contributed by atoms with Gasteiger partial charge in [-0.1, -0.05) is 109 Å². The van der Waals surface area contributed by atoms with E-state index in [0.29, 0.717) is 11.3 Å². The van der Waals surface area contributed by atoms with Crippen LogP contribution in [-0.4, -0.2) is 11.3 Å². The van der Waals surface area contributed by atoms with Crippen LogP contribution >= 0.6 is 177 Å². The van der Waals surface area contributed by atoms with Gasteiger partial charge in [0.2, 0.25) is 0 Å². The molecular weight excluding hydrogens is 1690 g/mol. The van der Waals surface area contributed by atoms with Gasteiger partial charge in [0, 0.05) is 0 Å². The SMILES string of the molecule is CC(C)[P+](c1ccccc1)(c1ccccc1)c1ccccc1.CC(C)[P+](c1ccccc1)(c1ccccc1)c1ccccc1.[I][Mn-]([I])([I])[I].[I][Mn-]([I])([I])[I]. The van der Waals surface area contributed by atoms with Gasteiger partial charge in [0.05, 0.1) is 11.3 Å². The van der Waals surface area contributed by atoms with Crippen molar-refractivity contribution in [2.24, 2.45) is 0 Å². The van der Waals surface area contributed by atoms with Crippen molar-refractivity contribution >= 4 is 209 Å². The number of benzene rings is 6. The molecule has 0 aliphatic rings. The molecule has 54 heavy (non-hydrogen) atoms. The summed E-state index contributed by atoms with van der Waals surface area (Å²) in [6, 6.07) is 66.2. The van der Waals surface area contributed by atoms with Gasteiger partial charge in [0.25, 0.3) is 0 Å². The fraction of sp³-hybridized carbons (Fsp3) is 0.143. The molecule has 0 nitrogen and oxygen atoms in total. The summed E-state index contributed by atoms with van der Waals surface area (Å²) in [5.74, 6) is 0. The van der Waals surface area contributed by atoms with Crippen LogP contribution in [0.15, 0.2) is 182 Å². The van der Waals surface area contributed by atoms with E-state index in [0.717, 1.165) is 0 Å². The van der Waals surface area contributed by atoms with E-state index in [2.05, 4.69) is 372 Å². The quantitative estimate of drug-likeness (QED) is 0.0809. The van der Waals surface area contributed by atoms with Crippen molar-refractivity contribution in [3.8, 4) is 0 Å². The molecule has 0 heterocycles. The van der Waals surface area contributed by atoms with Gasteiger partial charge in [-0.15, -0.1) is 0 Å². The van der Waals surface area contributed by atoms with E-state index >= 15 is 0 Å². The van der Waals surface area contributed by atoms with Gasteiger partial charge >= 0.3 is 162 Å². The van der Waals surface area contributed by atoms with E-state index < -0.39 is 14.2 Å². The first-order chi connectivity index (χ1) is 25.5. The number of halogens is 8. The van der Waals surface area contributed by atoms with Gasteiger partial charge < -0.3 is 0 Å². The number of hydrogen-bond acceptors (Lipinski definition) is 0. The molecule has 292 valence electrons. The van der Waals surface area contributed by atoms with Crippen LogP contribution in [0.1, 0.15) is 27.7 Å². The van der Waals surface area contributed by atoms with E-state index in [1.54, 1.807) is 0 Å². The fourth-order valence-corrected chi connectivity index (χ4v) is 15.9. The molecule has 0 aliphatic heterocycles. The molecule has 0 fully saturated rings. The average molecular weight is 1740 g/mol. The topological polar surface area (TPSA) is 0 Å². The van der Waals surface area contributed by atoms with E-state index in [-0.39, 0.29) is 0 Å². The Bertz CT molecular complexity index is 1550. The van der Waals surface area contributed by atoms with Crippen molar-refractivity contribution in [2.45, 2.75) is 39.0 Å². The zero-order chi connectivity index (χ0) is 39.8. The summed E-state index contributed by atoms with van der Waals surface area (Å²) in [5.41, 5.74) is 1.11. The second kappa shape index (κ2) is 25.9. The molecular formula is C42H44I8Mn2P2. The molecule has 0 spiro atoms. The Morgan fingerprint density at radius 3 is 0.481 bits per heavy atom. The van der Waals surface area contributed by atoms with Gasteiger partial charge in [0.15, 0.2) is 0 Å². The summed E-state index contributed by atoms with van der Waals surface area (Å²) in [6.45, 7) is 9.45. The minimum absolute atomic E-state index is 0.555. The van der Waals surface area contributed by atoms with Crippen LogP contribution in [0.3, 0.4) is 0 Å². The van der Waals surface area contributed by atoms with Crippen LogP contribution < -0.4 is 31.8 Å². The zero-order valence-electron chi connectivity index (χ0n) is 30.1. The number of hydrogen-bond donors (Lipinski definition) is 0. The predicted molar refractivity (Wildman–Crippen MR) is 313 cm³/mol. The van der Waals surface area contributed by atoms with Gasteiger partial charge in [-0.3, -0.25) is 0 Å². The van der Waals surface area contributed by atoms with Crippen molar-refractivity contribution in [3.63, 3.8) is 0 Å². The Kier molecular flexibility index (Phi) is 24.6. The maximum atomic E-state index is 2.48. The molecule has 6 rings (SSSR count). The average Bonchev–Trinajstić information content (AvgIpc) is 3.14. The van der Waals surface area contributed by atoms with E-state index in [4.69, 9.17) is 0 Å². The Hall–Kier alpha value is 3.06. The Balaban J connectivity index is 0.000000233. The molecule has 0 N–H and O–H groups in total. The second-order valence-electron chi connectivity index (χ2n) is 12.3. The summed E-state index contributed by atoms with van der Waals surface area (Å²) >= 11 is 19.8. The van der Waals surface area contributed by atoms with Crippen LogP contribution in [0.25, 0.3) is 0 Å². The van der Waals surface area contributed by atoms with E-state index in [1.165, 1.54) is 31.8 Å². The molecule has 0 saturated heterocycles. The summed E-state index contributed by atoms with van der Waals surface area (Å²) < 4.78 is -1.49. The third-order valence-electron chi connectivity index (χ3n) is 8.53. The van der Waals surface area contributed by atoms with Crippen LogP contribution in [0.4, 0.5) is 0 Å². The molecule has 0 bridgehead atoms. The van der Waals surface area contributed by atoms with Crippen molar-refractivity contribution in [2.75, 3.05) is 0 Å². The van der Waals surface area contributed by atoms with Crippen molar-refractivity contribution in [1.29, 1.82) is 0 Å². The normalized spacial score (nSPS) is 12.3. The second-order valence-corrected chi connectivity index (χ2v) is 140. The van der Waals surface area contributed by atoms with Crippen LogP contribution in [0.5, 0.6) is 0 Å². The first-order valence-corrected chi connectivity index (χ1v) is 51.0. The van der Waals surface area contributed by atoms with Gasteiger partial charge in [-0.05, 0) is 100 Å². The molecule has 6 aromatic rings. The van der Waals surface area contributed by atoms with Crippen molar-refractivity contribution in [1.82, 2.24) is 0 Å². The van der Waals surface area contributed by atoms with Crippen LogP contribution in [0.2, 0.25) is 0 Å². The molecule has 12 heteroatoms. The van der Waals surface area contributed by atoms with Crippen LogP contribution in [-0.2, 0) is -0.308 Å². The Morgan fingerprint density at radius 1 is 0.278 bits per heavy atom. The maximum absolute atomic E-state index is 2.48. The molecule has 0 aromatic heterocycles. The molecule has 0 aliphatic carbocycles. The molecule has 0 atom stereocenters. The van der Waals surface area contributed by atoms with Crippen molar-refractivity contribution in [3.05, 3.63) is 182 Å². The van der Waals surface area contributed by atoms with Gasteiger partial charge in [0.1, 0.15) is 46.4 Å². The van der Waals surface area contributed by atoms with E-state index in [1.807, 2.05) is 0 Å². The molecule has 0 radical (unpaired) electrons. The monoisotopic (exact) mass is 1740 g/mol. The minimum atomic E-state index is -1.63. The third kappa shape index (κ3) is 16.4. The van der Waals surface area contributed by atoms with Crippen molar-refractivity contribution < 1.29 is -0.308 Å². The fourth-order valence-electron chi connectivity index (χ4n) is 6.66. The first kappa shape index (κ1) is 51.4. The molecule has 0 amide bonds. The molecule has 6 aromatic carbocycles. The Labute approximate surface area is 421 Å². The first-order valence-electron chi connectivity index (χ1n) is 16.8. The predicted octanol–water partition coefficient (Wildman–Crippen LogP) is 15.9. The van der Waals surface area contributed by atoms with E-state index in [9.17, 15) is 0 Å². The van der Waals surface area contributed by atoms with Gasteiger partial charge in [-0.25, -0.2) is 0 Å². The summed E-state index contributed by atoms with van der Waals surface area (Å²) in [7, 11) is -3.25. The standard InChI is InChI=1S/2C21H22P.8HI.2Mn/c2*1-18(2)22(19-12-6-3-7-13-19,20-14-8-4-9-15-20)21-16-10-5-11-17-21;;;;;;;;;;/h2*3-18H,1-2H3;8*1H;;/q2*+1;;;;;;;;;2*+3/p-8. The zero-order valence-corrected chi connectivity index (χ0v) is 51.6. The van der Waals surface area contributed by atoms with Gasteiger partial charge in [-0.2, -0.15) is 0 Å². The number of rotatable bonds is 8. The molecule has 0 unspecified atom stereocenters.